The van der Waals surface area contributed by atoms with Gasteiger partial charge in [-0.15, -0.1) is 0 Å². The molecule has 1 aliphatic rings. The van der Waals surface area contributed by atoms with Crippen molar-refractivity contribution < 1.29 is 4.74 Å². The lowest BCUT2D eigenvalue weighted by Crippen LogP contribution is -2.48. The lowest BCUT2D eigenvalue weighted by Gasteiger charge is -2.35. The molecule has 1 unspecified atom stereocenters. The Kier molecular flexibility index (Phi) is 5.51. The molecule has 1 aromatic carbocycles. The van der Waals surface area contributed by atoms with Gasteiger partial charge < -0.3 is 10.1 Å². The average molecular weight is 348 g/mol. The predicted octanol–water partition coefficient (Wildman–Crippen LogP) is 3.62. The van der Waals surface area contributed by atoms with Crippen molar-refractivity contribution in [2.75, 3.05) is 31.6 Å². The zero-order chi connectivity index (χ0) is 13.8. The molecule has 0 aliphatic carbocycles. The van der Waals surface area contributed by atoms with Gasteiger partial charge in [0.15, 0.2) is 0 Å². The first-order chi connectivity index (χ1) is 9.06. The van der Waals surface area contributed by atoms with E-state index in [0.29, 0.717) is 6.04 Å². The molecule has 0 amide bonds. The largest absolute Gasteiger partial charge is 0.381 e. The number of halogens is 2. The number of nitrogens with zero attached hydrogens (tertiary/aromatic N) is 1. The van der Waals surface area contributed by atoms with Crippen molar-refractivity contribution >= 4 is 33.2 Å². The number of hydrogen-bond acceptors (Lipinski definition) is 3. The van der Waals surface area contributed by atoms with Gasteiger partial charge in [-0.05, 0) is 48.0 Å². The van der Waals surface area contributed by atoms with Crippen LogP contribution in [0.2, 0.25) is 5.02 Å². The summed E-state index contributed by atoms with van der Waals surface area (Å²) in [5, 5.41) is 4.15. The number of anilines is 1. The highest BCUT2D eigenvalue weighted by Gasteiger charge is 2.22. The molecule has 1 saturated heterocycles. The van der Waals surface area contributed by atoms with Crippen LogP contribution in [0.15, 0.2) is 22.7 Å². The van der Waals surface area contributed by atoms with Crippen molar-refractivity contribution in [2.24, 2.45) is 0 Å². The van der Waals surface area contributed by atoms with Crippen LogP contribution < -0.4 is 5.32 Å². The van der Waals surface area contributed by atoms with Crippen LogP contribution in [0.5, 0.6) is 0 Å². The minimum absolute atomic E-state index is 0.235. The highest BCUT2D eigenvalue weighted by atomic mass is 79.9. The average Bonchev–Trinajstić information content (AvgIpc) is 2.38. The van der Waals surface area contributed by atoms with Crippen LogP contribution in [0.4, 0.5) is 5.69 Å². The van der Waals surface area contributed by atoms with Crippen molar-refractivity contribution in [2.45, 2.75) is 26.0 Å². The summed E-state index contributed by atoms with van der Waals surface area (Å²) >= 11 is 9.44. The summed E-state index contributed by atoms with van der Waals surface area (Å²) in [4.78, 5) is 2.45. The topological polar surface area (TPSA) is 24.5 Å². The van der Waals surface area contributed by atoms with Crippen molar-refractivity contribution in [3.05, 3.63) is 27.7 Å². The summed E-state index contributed by atoms with van der Waals surface area (Å²) < 4.78 is 6.78. The monoisotopic (exact) mass is 346 g/mol. The molecular weight excluding hydrogens is 328 g/mol. The first-order valence-corrected chi connectivity index (χ1v) is 7.78. The zero-order valence-electron chi connectivity index (χ0n) is 11.3. The van der Waals surface area contributed by atoms with Crippen molar-refractivity contribution in [3.63, 3.8) is 0 Å². The van der Waals surface area contributed by atoms with Crippen LogP contribution in [-0.4, -0.2) is 43.3 Å². The molecular formula is C14H20BrClN2O. The molecule has 3 nitrogen and oxygen atoms in total. The number of rotatable bonds is 4. The van der Waals surface area contributed by atoms with E-state index in [2.05, 4.69) is 40.0 Å². The van der Waals surface area contributed by atoms with E-state index in [9.17, 15) is 0 Å². The molecule has 1 aromatic rings. The number of hydrogen-bond donors (Lipinski definition) is 1. The molecule has 1 fully saturated rings. The molecule has 0 aromatic heterocycles. The highest BCUT2D eigenvalue weighted by molar-refractivity contribution is 9.10. The molecule has 19 heavy (non-hydrogen) atoms. The lowest BCUT2D eigenvalue weighted by molar-refractivity contribution is -0.0315. The van der Waals surface area contributed by atoms with Crippen LogP contribution in [0.1, 0.15) is 13.8 Å². The standard InChI is InChI=1S/C14H20BrClN2O/c1-10(2)18-5-6-19-12(9-18)8-17-14-4-3-11(16)7-13(14)15/h3-4,7,10,12,17H,5-6,8-9H2,1-2H3. The molecule has 1 aliphatic heterocycles. The Morgan fingerprint density at radius 1 is 1.53 bits per heavy atom. The molecule has 106 valence electrons. The van der Waals surface area contributed by atoms with Gasteiger partial charge in [-0.1, -0.05) is 11.6 Å². The first kappa shape index (κ1) is 15.1. The van der Waals surface area contributed by atoms with Gasteiger partial charge in [0.05, 0.1) is 12.7 Å². The Balaban J connectivity index is 1.88. The van der Waals surface area contributed by atoms with E-state index in [1.165, 1.54) is 0 Å². The molecule has 1 N–H and O–H groups in total. The van der Waals surface area contributed by atoms with E-state index < -0.39 is 0 Å². The summed E-state index contributed by atoms with van der Waals surface area (Å²) in [6, 6.07) is 6.34. The van der Waals surface area contributed by atoms with E-state index in [1.807, 2.05) is 18.2 Å². The molecule has 1 heterocycles. The Hall–Kier alpha value is -0.290. The SMILES string of the molecule is CC(C)N1CCOC(CNc2ccc(Cl)cc2Br)C1. The van der Waals surface area contributed by atoms with Crippen LogP contribution in [0.3, 0.4) is 0 Å². The van der Waals surface area contributed by atoms with E-state index in [0.717, 1.165) is 41.4 Å². The minimum atomic E-state index is 0.235. The maximum atomic E-state index is 5.93. The van der Waals surface area contributed by atoms with Crippen LogP contribution in [-0.2, 0) is 4.74 Å². The van der Waals surface area contributed by atoms with E-state index in [4.69, 9.17) is 16.3 Å². The molecule has 0 spiro atoms. The summed E-state index contributed by atoms with van der Waals surface area (Å²) in [6.45, 7) is 8.08. The maximum absolute atomic E-state index is 5.93. The third-order valence-electron chi connectivity index (χ3n) is 3.35. The molecule has 0 saturated carbocycles. The van der Waals surface area contributed by atoms with E-state index in [-0.39, 0.29) is 6.10 Å². The van der Waals surface area contributed by atoms with Gasteiger partial charge in [-0.2, -0.15) is 0 Å². The van der Waals surface area contributed by atoms with Crippen LogP contribution >= 0.6 is 27.5 Å². The molecule has 2 rings (SSSR count). The van der Waals surface area contributed by atoms with Gasteiger partial charge in [0.1, 0.15) is 0 Å². The fourth-order valence-electron chi connectivity index (χ4n) is 2.19. The summed E-state index contributed by atoms with van der Waals surface area (Å²) in [7, 11) is 0. The molecule has 0 radical (unpaired) electrons. The summed E-state index contributed by atoms with van der Waals surface area (Å²) in [5.74, 6) is 0. The summed E-state index contributed by atoms with van der Waals surface area (Å²) in [6.07, 6.45) is 0.235. The Morgan fingerprint density at radius 3 is 3.00 bits per heavy atom. The normalized spacial score (nSPS) is 20.8. The number of benzene rings is 1. The van der Waals surface area contributed by atoms with E-state index in [1.54, 1.807) is 0 Å². The molecule has 5 heteroatoms. The third-order valence-corrected chi connectivity index (χ3v) is 4.24. The van der Waals surface area contributed by atoms with Crippen molar-refractivity contribution in [1.29, 1.82) is 0 Å². The van der Waals surface area contributed by atoms with Crippen molar-refractivity contribution in [3.8, 4) is 0 Å². The Bertz CT molecular complexity index is 428. The zero-order valence-corrected chi connectivity index (χ0v) is 13.7. The fourth-order valence-corrected chi connectivity index (χ4v) is 3.01. The summed E-state index contributed by atoms with van der Waals surface area (Å²) in [5.41, 5.74) is 1.05. The van der Waals surface area contributed by atoms with Crippen LogP contribution in [0, 0.1) is 0 Å². The second-order valence-corrected chi connectivity index (χ2v) is 6.38. The number of nitrogens with one attached hydrogen (secondary N) is 1. The maximum Gasteiger partial charge on any atom is 0.0874 e. The Labute approximate surface area is 128 Å². The van der Waals surface area contributed by atoms with E-state index >= 15 is 0 Å². The second kappa shape index (κ2) is 6.93. The van der Waals surface area contributed by atoms with Gasteiger partial charge in [0, 0.05) is 40.9 Å². The molecule has 1 atom stereocenters. The Morgan fingerprint density at radius 2 is 2.32 bits per heavy atom. The third kappa shape index (κ3) is 4.35. The smallest absolute Gasteiger partial charge is 0.0874 e. The van der Waals surface area contributed by atoms with Crippen LogP contribution in [0.25, 0.3) is 0 Å². The first-order valence-electron chi connectivity index (χ1n) is 6.61. The quantitative estimate of drug-likeness (QED) is 0.900. The highest BCUT2D eigenvalue weighted by Crippen LogP contribution is 2.26. The minimum Gasteiger partial charge on any atom is -0.381 e. The van der Waals surface area contributed by atoms with Crippen molar-refractivity contribution in [1.82, 2.24) is 4.90 Å². The van der Waals surface area contributed by atoms with Gasteiger partial charge in [0.2, 0.25) is 0 Å². The van der Waals surface area contributed by atoms with Gasteiger partial charge >= 0.3 is 0 Å². The van der Waals surface area contributed by atoms with Gasteiger partial charge in [-0.3, -0.25) is 4.90 Å². The van der Waals surface area contributed by atoms with Gasteiger partial charge in [0.25, 0.3) is 0 Å². The van der Waals surface area contributed by atoms with Gasteiger partial charge in [-0.25, -0.2) is 0 Å². The predicted molar refractivity (Wildman–Crippen MR) is 84.1 cm³/mol. The number of morpholine rings is 1. The number of ether oxygens (including phenoxy) is 1. The fraction of sp³-hybridized carbons (Fsp3) is 0.571. The lowest BCUT2D eigenvalue weighted by atomic mass is 10.2. The molecule has 0 bridgehead atoms. The second-order valence-electron chi connectivity index (χ2n) is 5.09.